The van der Waals surface area contributed by atoms with Gasteiger partial charge >= 0.3 is 6.03 Å². The lowest BCUT2D eigenvalue weighted by molar-refractivity contribution is 0.237. The Balaban J connectivity index is 1.72. The molecule has 1 aliphatic carbocycles. The number of fused-ring (bicyclic) bond motifs is 1. The third kappa shape index (κ3) is 2.46. The van der Waals surface area contributed by atoms with Crippen LogP contribution in [0.1, 0.15) is 44.6 Å². The lowest BCUT2D eigenvalue weighted by Crippen LogP contribution is -2.47. The van der Waals surface area contributed by atoms with Gasteiger partial charge in [0.1, 0.15) is 0 Å². The SMILES string of the molecule is C[C@@H]1Cc2ccccc2N1C(=O)NC1CCCCC1. The van der Waals surface area contributed by atoms with Crippen molar-refractivity contribution in [1.29, 1.82) is 0 Å². The predicted octanol–water partition coefficient (Wildman–Crippen LogP) is 3.48. The van der Waals surface area contributed by atoms with Crippen molar-refractivity contribution in [3.8, 4) is 0 Å². The molecule has 2 aliphatic rings. The van der Waals surface area contributed by atoms with Crippen LogP contribution in [0.5, 0.6) is 0 Å². The molecule has 1 aromatic rings. The maximum Gasteiger partial charge on any atom is 0.322 e. The van der Waals surface area contributed by atoms with E-state index < -0.39 is 0 Å². The second-order valence-corrected chi connectivity index (χ2v) is 5.84. The number of carbonyl (C=O) groups is 1. The number of nitrogens with zero attached hydrogens (tertiary/aromatic N) is 1. The van der Waals surface area contributed by atoms with Crippen molar-refractivity contribution in [2.75, 3.05) is 4.90 Å². The summed E-state index contributed by atoms with van der Waals surface area (Å²) >= 11 is 0. The zero-order chi connectivity index (χ0) is 13.2. The zero-order valence-electron chi connectivity index (χ0n) is 11.6. The second kappa shape index (κ2) is 5.24. The molecule has 1 aromatic carbocycles. The molecule has 0 spiro atoms. The minimum atomic E-state index is 0.0874. The quantitative estimate of drug-likeness (QED) is 0.821. The molecule has 2 amide bonds. The fourth-order valence-electron chi connectivity index (χ4n) is 3.37. The Kier molecular flexibility index (Phi) is 3.45. The first-order chi connectivity index (χ1) is 9.25. The first kappa shape index (κ1) is 12.5. The van der Waals surface area contributed by atoms with E-state index in [1.165, 1.54) is 24.8 Å². The topological polar surface area (TPSA) is 32.3 Å². The Hall–Kier alpha value is -1.51. The average Bonchev–Trinajstić information content (AvgIpc) is 2.75. The highest BCUT2D eigenvalue weighted by atomic mass is 16.2. The van der Waals surface area contributed by atoms with Crippen LogP contribution in [-0.4, -0.2) is 18.1 Å². The van der Waals surface area contributed by atoms with Crippen molar-refractivity contribution in [2.24, 2.45) is 0 Å². The number of benzene rings is 1. The minimum Gasteiger partial charge on any atom is -0.335 e. The lowest BCUT2D eigenvalue weighted by Gasteiger charge is -2.28. The van der Waals surface area contributed by atoms with Gasteiger partial charge in [0.25, 0.3) is 0 Å². The van der Waals surface area contributed by atoms with Gasteiger partial charge in [-0.15, -0.1) is 0 Å². The summed E-state index contributed by atoms with van der Waals surface area (Å²) in [6.07, 6.45) is 7.04. The molecular formula is C16H22N2O. The Morgan fingerprint density at radius 3 is 2.74 bits per heavy atom. The van der Waals surface area contributed by atoms with Crippen LogP contribution in [0.2, 0.25) is 0 Å². The van der Waals surface area contributed by atoms with Gasteiger partial charge in [-0.05, 0) is 37.8 Å². The van der Waals surface area contributed by atoms with E-state index in [1.807, 2.05) is 17.0 Å². The van der Waals surface area contributed by atoms with E-state index in [9.17, 15) is 4.79 Å². The monoisotopic (exact) mass is 258 g/mol. The molecule has 19 heavy (non-hydrogen) atoms. The maximum atomic E-state index is 12.5. The van der Waals surface area contributed by atoms with Crippen molar-refractivity contribution < 1.29 is 4.79 Å². The summed E-state index contributed by atoms with van der Waals surface area (Å²) in [6, 6.07) is 8.97. The molecule has 1 saturated carbocycles. The van der Waals surface area contributed by atoms with Crippen molar-refractivity contribution in [1.82, 2.24) is 5.32 Å². The van der Waals surface area contributed by atoms with Crippen molar-refractivity contribution in [2.45, 2.75) is 57.5 Å². The van der Waals surface area contributed by atoms with Gasteiger partial charge in [-0.25, -0.2) is 4.79 Å². The van der Waals surface area contributed by atoms with Gasteiger partial charge in [0.15, 0.2) is 0 Å². The predicted molar refractivity (Wildman–Crippen MR) is 77.5 cm³/mol. The second-order valence-electron chi connectivity index (χ2n) is 5.84. The van der Waals surface area contributed by atoms with E-state index in [1.54, 1.807) is 0 Å². The summed E-state index contributed by atoms with van der Waals surface area (Å²) < 4.78 is 0. The van der Waals surface area contributed by atoms with Crippen LogP contribution in [0.3, 0.4) is 0 Å². The molecule has 1 fully saturated rings. The van der Waals surface area contributed by atoms with Crippen molar-refractivity contribution >= 4 is 11.7 Å². The highest BCUT2D eigenvalue weighted by Gasteiger charge is 2.31. The number of para-hydroxylation sites is 1. The molecule has 1 aliphatic heterocycles. The van der Waals surface area contributed by atoms with Crippen LogP contribution in [0.4, 0.5) is 10.5 Å². The van der Waals surface area contributed by atoms with Gasteiger partial charge in [-0.1, -0.05) is 37.5 Å². The van der Waals surface area contributed by atoms with Crippen LogP contribution in [-0.2, 0) is 6.42 Å². The molecule has 3 rings (SSSR count). The molecule has 0 unspecified atom stereocenters. The first-order valence-corrected chi connectivity index (χ1v) is 7.43. The van der Waals surface area contributed by atoms with Gasteiger partial charge in [0, 0.05) is 17.8 Å². The van der Waals surface area contributed by atoms with Crippen LogP contribution in [0.15, 0.2) is 24.3 Å². The number of carbonyl (C=O) groups excluding carboxylic acids is 1. The Morgan fingerprint density at radius 1 is 1.21 bits per heavy atom. The lowest BCUT2D eigenvalue weighted by atomic mass is 9.96. The minimum absolute atomic E-state index is 0.0874. The zero-order valence-corrected chi connectivity index (χ0v) is 11.6. The number of urea groups is 1. The summed E-state index contributed by atoms with van der Waals surface area (Å²) in [5.41, 5.74) is 2.37. The molecule has 102 valence electrons. The van der Waals surface area contributed by atoms with Gasteiger partial charge in [0.05, 0.1) is 0 Å². The summed E-state index contributed by atoms with van der Waals surface area (Å²) in [6.45, 7) is 2.13. The Labute approximate surface area is 115 Å². The largest absolute Gasteiger partial charge is 0.335 e. The van der Waals surface area contributed by atoms with Crippen molar-refractivity contribution in [3.05, 3.63) is 29.8 Å². The number of rotatable bonds is 1. The molecule has 1 atom stereocenters. The molecule has 3 heteroatoms. The smallest absolute Gasteiger partial charge is 0.322 e. The molecule has 0 aromatic heterocycles. The maximum absolute atomic E-state index is 12.5. The number of hydrogen-bond donors (Lipinski definition) is 1. The third-order valence-corrected chi connectivity index (χ3v) is 4.36. The molecule has 0 bridgehead atoms. The van der Waals surface area contributed by atoms with Crippen LogP contribution in [0, 0.1) is 0 Å². The number of nitrogens with one attached hydrogen (secondary N) is 1. The fraction of sp³-hybridized carbons (Fsp3) is 0.562. The molecular weight excluding hydrogens is 236 g/mol. The van der Waals surface area contributed by atoms with E-state index >= 15 is 0 Å². The number of anilines is 1. The van der Waals surface area contributed by atoms with Crippen molar-refractivity contribution in [3.63, 3.8) is 0 Å². The van der Waals surface area contributed by atoms with Gasteiger partial charge in [-0.2, -0.15) is 0 Å². The number of hydrogen-bond acceptors (Lipinski definition) is 1. The molecule has 1 N–H and O–H groups in total. The van der Waals surface area contributed by atoms with Gasteiger partial charge in [0.2, 0.25) is 0 Å². The molecule has 1 heterocycles. The highest BCUT2D eigenvalue weighted by molar-refractivity contribution is 5.95. The fourth-order valence-corrected chi connectivity index (χ4v) is 3.37. The summed E-state index contributed by atoms with van der Waals surface area (Å²) in [5.74, 6) is 0. The van der Waals surface area contributed by atoms with E-state index in [2.05, 4.69) is 24.4 Å². The summed E-state index contributed by atoms with van der Waals surface area (Å²) in [7, 11) is 0. The average molecular weight is 258 g/mol. The standard InChI is InChI=1S/C16H22N2O/c1-12-11-13-7-5-6-10-15(13)18(12)16(19)17-14-8-3-2-4-9-14/h5-7,10,12,14H,2-4,8-9,11H2,1H3,(H,17,19)/t12-/m1/s1. The molecule has 0 saturated heterocycles. The molecule has 0 radical (unpaired) electrons. The van der Waals surface area contributed by atoms with E-state index in [0.29, 0.717) is 6.04 Å². The Morgan fingerprint density at radius 2 is 1.95 bits per heavy atom. The summed E-state index contributed by atoms with van der Waals surface area (Å²) in [5, 5.41) is 3.22. The van der Waals surface area contributed by atoms with Crippen LogP contribution < -0.4 is 10.2 Å². The van der Waals surface area contributed by atoms with E-state index in [-0.39, 0.29) is 12.1 Å². The van der Waals surface area contributed by atoms with Crippen LogP contribution >= 0.6 is 0 Å². The molecule has 3 nitrogen and oxygen atoms in total. The van der Waals surface area contributed by atoms with Gasteiger partial charge in [-0.3, -0.25) is 4.90 Å². The third-order valence-electron chi connectivity index (χ3n) is 4.36. The van der Waals surface area contributed by atoms with E-state index in [4.69, 9.17) is 0 Å². The van der Waals surface area contributed by atoms with Gasteiger partial charge < -0.3 is 5.32 Å². The highest BCUT2D eigenvalue weighted by Crippen LogP contribution is 2.32. The van der Waals surface area contributed by atoms with Crippen LogP contribution in [0.25, 0.3) is 0 Å². The first-order valence-electron chi connectivity index (χ1n) is 7.43. The summed E-state index contributed by atoms with van der Waals surface area (Å²) in [4.78, 5) is 14.4. The van der Waals surface area contributed by atoms with E-state index in [0.717, 1.165) is 24.9 Å². The Bertz CT molecular complexity index is 466. The number of amides is 2. The normalized spacial score (nSPS) is 23.2.